The summed E-state index contributed by atoms with van der Waals surface area (Å²) in [5.74, 6) is -1.97. The number of carbonyl (C=O) groups is 1. The molecule has 0 amide bonds. The molecule has 8 heteroatoms. The minimum absolute atomic E-state index is 0.209. The third-order valence-electron chi connectivity index (χ3n) is 3.83. The molecule has 0 radical (unpaired) electrons. The molecule has 0 fully saturated rings. The fourth-order valence-electron chi connectivity index (χ4n) is 2.65. The van der Waals surface area contributed by atoms with Gasteiger partial charge in [-0.3, -0.25) is 14.9 Å². The van der Waals surface area contributed by atoms with Crippen LogP contribution in [-0.4, -0.2) is 30.9 Å². The van der Waals surface area contributed by atoms with Gasteiger partial charge in [-0.05, 0) is 18.2 Å². The van der Waals surface area contributed by atoms with Gasteiger partial charge in [-0.15, -0.1) is 0 Å². The molecule has 6 nitrogen and oxygen atoms in total. The smallest absolute Gasteiger partial charge is 0.173 e. The van der Waals surface area contributed by atoms with E-state index >= 15 is 0 Å². The second kappa shape index (κ2) is 5.90. The number of Topliss-reactive ketones (excluding diaryl/α,β-unsaturated/α-hetero) is 1. The molecule has 124 valence electrons. The van der Waals surface area contributed by atoms with Crippen molar-refractivity contribution in [2.75, 3.05) is 0 Å². The summed E-state index contributed by atoms with van der Waals surface area (Å²) < 4.78 is 27.6. The van der Waals surface area contributed by atoms with E-state index in [0.29, 0.717) is 22.6 Å². The lowest BCUT2D eigenvalue weighted by Crippen LogP contribution is -2.09. The van der Waals surface area contributed by atoms with Gasteiger partial charge in [0.2, 0.25) is 0 Å². The van der Waals surface area contributed by atoms with Gasteiger partial charge in [-0.2, -0.15) is 5.10 Å². The standard InChI is InChI=1S/C17H11F2N5O/c18-10-2-1-3-11(19)15(10)14(25)6-9-7-21-24-16(9)17-22-12-4-5-20-8-13(12)23-17/h1-5,7-8H,6H2,(H,21,24)(H,22,23). The molecule has 0 atom stereocenters. The summed E-state index contributed by atoms with van der Waals surface area (Å²) >= 11 is 0. The maximum atomic E-state index is 13.8. The zero-order valence-corrected chi connectivity index (χ0v) is 12.8. The molecule has 4 aromatic rings. The molecule has 2 N–H and O–H groups in total. The number of nitrogens with zero attached hydrogens (tertiary/aromatic N) is 3. The summed E-state index contributed by atoms with van der Waals surface area (Å²) in [5.41, 5.74) is 1.85. The summed E-state index contributed by atoms with van der Waals surface area (Å²) in [7, 11) is 0. The first-order chi connectivity index (χ1) is 12.1. The number of imidazole rings is 1. The second-order valence-corrected chi connectivity index (χ2v) is 5.45. The van der Waals surface area contributed by atoms with Gasteiger partial charge in [-0.1, -0.05) is 6.07 Å². The number of fused-ring (bicyclic) bond motifs is 1. The Bertz CT molecular complexity index is 1030. The van der Waals surface area contributed by atoms with Gasteiger partial charge in [0.15, 0.2) is 11.6 Å². The van der Waals surface area contributed by atoms with Crippen molar-refractivity contribution in [1.29, 1.82) is 0 Å². The second-order valence-electron chi connectivity index (χ2n) is 5.45. The van der Waals surface area contributed by atoms with Gasteiger partial charge >= 0.3 is 0 Å². The Balaban J connectivity index is 1.69. The minimum Gasteiger partial charge on any atom is -0.335 e. The highest BCUT2D eigenvalue weighted by molar-refractivity contribution is 5.98. The van der Waals surface area contributed by atoms with Crippen molar-refractivity contribution in [2.45, 2.75) is 6.42 Å². The molecule has 0 aliphatic heterocycles. The van der Waals surface area contributed by atoms with Crippen LogP contribution in [0.3, 0.4) is 0 Å². The molecule has 0 aliphatic rings. The Morgan fingerprint density at radius 3 is 2.68 bits per heavy atom. The first kappa shape index (κ1) is 15.1. The van der Waals surface area contributed by atoms with Crippen molar-refractivity contribution in [3.8, 4) is 11.5 Å². The van der Waals surface area contributed by atoms with E-state index in [9.17, 15) is 13.6 Å². The number of ketones is 1. The number of carbonyl (C=O) groups excluding carboxylic acids is 1. The zero-order valence-electron chi connectivity index (χ0n) is 12.8. The summed E-state index contributed by atoms with van der Waals surface area (Å²) in [6, 6.07) is 5.07. The summed E-state index contributed by atoms with van der Waals surface area (Å²) in [6.45, 7) is 0. The SMILES string of the molecule is O=C(Cc1cn[nH]c1-c1nc2ccncc2[nH]1)c1c(F)cccc1F. The summed E-state index contributed by atoms with van der Waals surface area (Å²) in [6.07, 6.45) is 4.48. The molecule has 0 spiro atoms. The molecule has 0 bridgehead atoms. The van der Waals surface area contributed by atoms with Crippen molar-refractivity contribution in [2.24, 2.45) is 0 Å². The normalized spacial score (nSPS) is 11.1. The van der Waals surface area contributed by atoms with E-state index in [-0.39, 0.29) is 6.42 Å². The Hall–Kier alpha value is -3.42. The lowest BCUT2D eigenvalue weighted by molar-refractivity contribution is 0.0985. The molecule has 0 aliphatic carbocycles. The van der Waals surface area contributed by atoms with Crippen LogP contribution in [-0.2, 0) is 6.42 Å². The molecule has 0 unspecified atom stereocenters. The number of H-pyrrole nitrogens is 2. The molecule has 1 aromatic carbocycles. The van der Waals surface area contributed by atoms with Gasteiger partial charge in [0.25, 0.3) is 0 Å². The maximum absolute atomic E-state index is 13.8. The Morgan fingerprint density at radius 1 is 1.12 bits per heavy atom. The molecule has 25 heavy (non-hydrogen) atoms. The molecule has 3 aromatic heterocycles. The van der Waals surface area contributed by atoms with E-state index in [1.807, 2.05) is 0 Å². The average molecular weight is 339 g/mol. The molecule has 3 heterocycles. The number of rotatable bonds is 4. The van der Waals surface area contributed by atoms with Crippen molar-refractivity contribution in [3.63, 3.8) is 0 Å². The van der Waals surface area contributed by atoms with Crippen molar-refractivity contribution in [1.82, 2.24) is 25.1 Å². The highest BCUT2D eigenvalue weighted by Crippen LogP contribution is 2.23. The van der Waals surface area contributed by atoms with Crippen molar-refractivity contribution < 1.29 is 13.6 Å². The first-order valence-corrected chi connectivity index (χ1v) is 7.43. The highest BCUT2D eigenvalue weighted by Gasteiger charge is 2.20. The number of halogens is 2. The van der Waals surface area contributed by atoms with E-state index in [2.05, 4.69) is 25.1 Å². The van der Waals surface area contributed by atoms with Crippen LogP contribution in [0.25, 0.3) is 22.6 Å². The van der Waals surface area contributed by atoms with Crippen LogP contribution in [0.1, 0.15) is 15.9 Å². The van der Waals surface area contributed by atoms with Crippen LogP contribution in [0.5, 0.6) is 0 Å². The van der Waals surface area contributed by atoms with Gasteiger partial charge in [0.05, 0.1) is 29.0 Å². The van der Waals surface area contributed by atoms with Crippen LogP contribution < -0.4 is 0 Å². The third kappa shape index (κ3) is 2.67. The third-order valence-corrected chi connectivity index (χ3v) is 3.83. The predicted octanol–water partition coefficient (Wildman–Crippen LogP) is 3.05. The monoisotopic (exact) mass is 339 g/mol. The number of hydrogen-bond acceptors (Lipinski definition) is 4. The van der Waals surface area contributed by atoms with Crippen LogP contribution in [0.2, 0.25) is 0 Å². The van der Waals surface area contributed by atoms with E-state index < -0.39 is 23.0 Å². The van der Waals surface area contributed by atoms with Gasteiger partial charge in [-0.25, -0.2) is 13.8 Å². The number of pyridine rings is 1. The number of hydrogen-bond donors (Lipinski definition) is 2. The minimum atomic E-state index is -0.884. The molecular weight excluding hydrogens is 328 g/mol. The Labute approximate surface area is 139 Å². The Kier molecular flexibility index (Phi) is 3.57. The van der Waals surface area contributed by atoms with Gasteiger partial charge in [0, 0.05) is 18.2 Å². The molecule has 0 saturated heterocycles. The fraction of sp³-hybridized carbons (Fsp3) is 0.0588. The number of benzene rings is 1. The lowest BCUT2D eigenvalue weighted by Gasteiger charge is -2.04. The average Bonchev–Trinajstić information content (AvgIpc) is 3.20. The first-order valence-electron chi connectivity index (χ1n) is 7.43. The summed E-state index contributed by atoms with van der Waals surface area (Å²) in [5, 5.41) is 6.69. The fourth-order valence-corrected chi connectivity index (χ4v) is 2.65. The van der Waals surface area contributed by atoms with Crippen LogP contribution in [0, 0.1) is 11.6 Å². The van der Waals surface area contributed by atoms with E-state index in [4.69, 9.17) is 0 Å². The van der Waals surface area contributed by atoms with Gasteiger partial charge < -0.3 is 4.98 Å². The number of nitrogens with one attached hydrogen (secondary N) is 2. The van der Waals surface area contributed by atoms with Crippen LogP contribution in [0.4, 0.5) is 8.78 Å². The Morgan fingerprint density at radius 2 is 1.92 bits per heavy atom. The largest absolute Gasteiger partial charge is 0.335 e. The van der Waals surface area contributed by atoms with Crippen molar-refractivity contribution >= 4 is 16.8 Å². The zero-order chi connectivity index (χ0) is 17.4. The number of aromatic amines is 2. The van der Waals surface area contributed by atoms with Gasteiger partial charge in [0.1, 0.15) is 17.3 Å². The van der Waals surface area contributed by atoms with E-state index in [1.165, 1.54) is 12.3 Å². The topological polar surface area (TPSA) is 87.3 Å². The summed E-state index contributed by atoms with van der Waals surface area (Å²) in [4.78, 5) is 23.8. The van der Waals surface area contributed by atoms with Crippen LogP contribution in [0.15, 0.2) is 42.9 Å². The molecular formula is C17H11F2N5O. The van der Waals surface area contributed by atoms with E-state index in [1.54, 1.807) is 18.5 Å². The van der Waals surface area contributed by atoms with Crippen LogP contribution >= 0.6 is 0 Å². The van der Waals surface area contributed by atoms with Crippen molar-refractivity contribution in [3.05, 3.63) is 65.6 Å². The highest BCUT2D eigenvalue weighted by atomic mass is 19.1. The lowest BCUT2D eigenvalue weighted by atomic mass is 10.0. The molecule has 4 rings (SSSR count). The van der Waals surface area contributed by atoms with E-state index in [0.717, 1.165) is 17.6 Å². The molecule has 0 saturated carbocycles. The number of aromatic nitrogens is 5. The quantitative estimate of drug-likeness (QED) is 0.560. The predicted molar refractivity (Wildman–Crippen MR) is 85.9 cm³/mol. The maximum Gasteiger partial charge on any atom is 0.173 e.